The van der Waals surface area contributed by atoms with Crippen LogP contribution in [0.15, 0.2) is 29.6 Å². The molecule has 0 radical (unpaired) electrons. The fraction of sp³-hybridized carbons (Fsp3) is 0.250. The zero-order valence-corrected chi connectivity index (χ0v) is 9.85. The van der Waals surface area contributed by atoms with Gasteiger partial charge in [0.15, 0.2) is 0 Å². The van der Waals surface area contributed by atoms with Crippen LogP contribution in [0.1, 0.15) is 10.7 Å². The monoisotopic (exact) mass is 236 g/mol. The number of aromatic nitrogens is 1. The first-order chi connectivity index (χ1) is 7.74. The van der Waals surface area contributed by atoms with Gasteiger partial charge in [-0.1, -0.05) is 6.07 Å². The van der Waals surface area contributed by atoms with Crippen molar-refractivity contribution in [3.63, 3.8) is 0 Å². The number of hydrogen-bond acceptors (Lipinski definition) is 3. The minimum absolute atomic E-state index is 0.213. The molecule has 1 aromatic carbocycles. The summed E-state index contributed by atoms with van der Waals surface area (Å²) in [4.78, 5) is 4.36. The van der Waals surface area contributed by atoms with Crippen LogP contribution < -0.4 is 5.32 Å². The molecule has 0 amide bonds. The molecule has 0 fully saturated rings. The molecule has 2 aromatic rings. The summed E-state index contributed by atoms with van der Waals surface area (Å²) >= 11 is 1.66. The molecule has 0 bridgehead atoms. The highest BCUT2D eigenvalue weighted by atomic mass is 32.1. The largest absolute Gasteiger partial charge is 0.385 e. The predicted octanol–water partition coefficient (Wildman–Crippen LogP) is 3.25. The van der Waals surface area contributed by atoms with Crippen LogP contribution in [0.3, 0.4) is 0 Å². The van der Waals surface area contributed by atoms with E-state index in [0.717, 1.165) is 29.4 Å². The van der Waals surface area contributed by atoms with E-state index in [9.17, 15) is 4.39 Å². The van der Waals surface area contributed by atoms with Gasteiger partial charge in [0.25, 0.3) is 0 Å². The molecule has 2 rings (SSSR count). The van der Waals surface area contributed by atoms with E-state index in [1.807, 2.05) is 18.4 Å². The molecule has 0 spiro atoms. The van der Waals surface area contributed by atoms with Crippen molar-refractivity contribution in [1.82, 2.24) is 4.98 Å². The Hall–Kier alpha value is -1.42. The van der Waals surface area contributed by atoms with Gasteiger partial charge in [-0.15, -0.1) is 11.3 Å². The van der Waals surface area contributed by atoms with E-state index in [1.165, 1.54) is 12.1 Å². The number of anilines is 1. The van der Waals surface area contributed by atoms with Crippen molar-refractivity contribution in [3.8, 4) is 0 Å². The number of nitrogens with zero attached hydrogens (tertiary/aromatic N) is 1. The maximum atomic E-state index is 12.9. The summed E-state index contributed by atoms with van der Waals surface area (Å²) in [7, 11) is 0. The van der Waals surface area contributed by atoms with Crippen molar-refractivity contribution in [3.05, 3.63) is 46.2 Å². The van der Waals surface area contributed by atoms with E-state index in [1.54, 1.807) is 17.4 Å². The molecule has 0 saturated heterocycles. The second-order valence-corrected chi connectivity index (χ2v) is 4.51. The summed E-state index contributed by atoms with van der Waals surface area (Å²) in [5.74, 6) is -0.213. The van der Waals surface area contributed by atoms with Crippen molar-refractivity contribution >= 4 is 17.0 Å². The molecule has 0 saturated carbocycles. The van der Waals surface area contributed by atoms with Crippen molar-refractivity contribution in [2.75, 3.05) is 11.9 Å². The molecular formula is C12H13FN2S. The lowest BCUT2D eigenvalue weighted by molar-refractivity contribution is 0.628. The Morgan fingerprint density at radius 1 is 1.44 bits per heavy atom. The minimum atomic E-state index is -0.213. The molecule has 2 nitrogen and oxygen atoms in total. The number of aryl methyl sites for hydroxylation is 1. The summed E-state index contributed by atoms with van der Waals surface area (Å²) in [6.45, 7) is 2.76. The van der Waals surface area contributed by atoms with Crippen LogP contribution in [0.25, 0.3) is 0 Å². The molecule has 0 unspecified atom stereocenters. The van der Waals surface area contributed by atoms with Crippen molar-refractivity contribution in [2.45, 2.75) is 13.3 Å². The Balaban J connectivity index is 1.84. The maximum absolute atomic E-state index is 12.9. The molecule has 1 heterocycles. The van der Waals surface area contributed by atoms with Gasteiger partial charge in [0.1, 0.15) is 5.82 Å². The quantitative estimate of drug-likeness (QED) is 0.881. The Bertz CT molecular complexity index is 468. The highest BCUT2D eigenvalue weighted by Gasteiger charge is 1.99. The number of nitrogens with one attached hydrogen (secondary N) is 1. The molecular weight excluding hydrogens is 223 g/mol. The van der Waals surface area contributed by atoms with Gasteiger partial charge in [0.05, 0.1) is 5.01 Å². The molecule has 0 atom stereocenters. The second kappa shape index (κ2) is 5.07. The molecule has 16 heavy (non-hydrogen) atoms. The normalized spacial score (nSPS) is 10.4. The second-order valence-electron chi connectivity index (χ2n) is 3.57. The summed E-state index contributed by atoms with van der Waals surface area (Å²) in [6, 6.07) is 6.49. The third-order valence-electron chi connectivity index (χ3n) is 2.16. The molecule has 0 aliphatic rings. The van der Waals surface area contributed by atoms with Crippen molar-refractivity contribution < 1.29 is 4.39 Å². The van der Waals surface area contributed by atoms with Gasteiger partial charge in [-0.05, 0) is 25.1 Å². The van der Waals surface area contributed by atoms with Gasteiger partial charge in [0.2, 0.25) is 0 Å². The van der Waals surface area contributed by atoms with E-state index in [0.29, 0.717) is 0 Å². The third-order valence-corrected chi connectivity index (χ3v) is 3.19. The van der Waals surface area contributed by atoms with Crippen LogP contribution in [0, 0.1) is 12.7 Å². The van der Waals surface area contributed by atoms with Gasteiger partial charge in [-0.2, -0.15) is 0 Å². The SMILES string of the molecule is Cc1csc(CCNc2cccc(F)c2)n1. The minimum Gasteiger partial charge on any atom is -0.385 e. The summed E-state index contributed by atoms with van der Waals surface area (Å²) in [5.41, 5.74) is 1.87. The smallest absolute Gasteiger partial charge is 0.125 e. The maximum Gasteiger partial charge on any atom is 0.125 e. The van der Waals surface area contributed by atoms with Crippen LogP contribution >= 0.6 is 11.3 Å². The molecule has 0 aliphatic carbocycles. The Labute approximate surface area is 98.2 Å². The first-order valence-electron chi connectivity index (χ1n) is 5.14. The zero-order valence-electron chi connectivity index (χ0n) is 9.03. The van der Waals surface area contributed by atoms with Crippen LogP contribution in [-0.4, -0.2) is 11.5 Å². The lowest BCUT2D eigenvalue weighted by atomic mass is 10.3. The van der Waals surface area contributed by atoms with E-state index < -0.39 is 0 Å². The zero-order chi connectivity index (χ0) is 11.4. The third kappa shape index (κ3) is 3.03. The Kier molecular flexibility index (Phi) is 3.51. The van der Waals surface area contributed by atoms with Crippen LogP contribution in [0.4, 0.5) is 10.1 Å². The fourth-order valence-electron chi connectivity index (χ4n) is 1.43. The number of hydrogen-bond donors (Lipinski definition) is 1. The van der Waals surface area contributed by atoms with Crippen molar-refractivity contribution in [2.24, 2.45) is 0 Å². The van der Waals surface area contributed by atoms with Gasteiger partial charge >= 0.3 is 0 Å². The van der Waals surface area contributed by atoms with Crippen LogP contribution in [0.2, 0.25) is 0 Å². The first kappa shape index (κ1) is 11.1. The van der Waals surface area contributed by atoms with E-state index in [-0.39, 0.29) is 5.82 Å². The summed E-state index contributed by atoms with van der Waals surface area (Å²) in [6.07, 6.45) is 0.870. The Morgan fingerprint density at radius 3 is 3.00 bits per heavy atom. The average molecular weight is 236 g/mol. The highest BCUT2D eigenvalue weighted by molar-refractivity contribution is 7.09. The van der Waals surface area contributed by atoms with Crippen LogP contribution in [0.5, 0.6) is 0 Å². The number of benzene rings is 1. The van der Waals surface area contributed by atoms with Gasteiger partial charge in [-0.3, -0.25) is 0 Å². The molecule has 0 aliphatic heterocycles. The number of thiazole rings is 1. The molecule has 1 N–H and O–H groups in total. The molecule has 4 heteroatoms. The Morgan fingerprint density at radius 2 is 2.31 bits per heavy atom. The van der Waals surface area contributed by atoms with E-state index in [4.69, 9.17) is 0 Å². The summed E-state index contributed by atoms with van der Waals surface area (Å²) < 4.78 is 12.9. The number of halogens is 1. The van der Waals surface area contributed by atoms with Gasteiger partial charge < -0.3 is 5.32 Å². The number of rotatable bonds is 4. The standard InChI is InChI=1S/C12H13FN2S/c1-9-8-16-12(15-9)5-6-14-11-4-2-3-10(13)7-11/h2-4,7-8,14H,5-6H2,1H3. The lowest BCUT2D eigenvalue weighted by Crippen LogP contribution is -2.04. The highest BCUT2D eigenvalue weighted by Crippen LogP contribution is 2.11. The van der Waals surface area contributed by atoms with E-state index in [2.05, 4.69) is 10.3 Å². The first-order valence-corrected chi connectivity index (χ1v) is 6.02. The average Bonchev–Trinajstić information content (AvgIpc) is 2.64. The molecule has 84 valence electrons. The fourth-order valence-corrected chi connectivity index (χ4v) is 2.21. The van der Waals surface area contributed by atoms with Gasteiger partial charge in [0, 0.05) is 29.7 Å². The van der Waals surface area contributed by atoms with Crippen molar-refractivity contribution in [1.29, 1.82) is 0 Å². The topological polar surface area (TPSA) is 24.9 Å². The summed E-state index contributed by atoms with van der Waals surface area (Å²) in [5, 5.41) is 6.32. The lowest BCUT2D eigenvalue weighted by Gasteiger charge is -2.04. The van der Waals surface area contributed by atoms with E-state index >= 15 is 0 Å². The van der Waals surface area contributed by atoms with Gasteiger partial charge in [-0.25, -0.2) is 9.37 Å². The van der Waals surface area contributed by atoms with Crippen LogP contribution in [-0.2, 0) is 6.42 Å². The predicted molar refractivity (Wildman–Crippen MR) is 65.4 cm³/mol. The molecule has 1 aromatic heterocycles.